The van der Waals surface area contributed by atoms with E-state index in [0.29, 0.717) is 15.8 Å². The second-order valence-electron chi connectivity index (χ2n) is 3.89. The van der Waals surface area contributed by atoms with Crippen molar-refractivity contribution in [1.82, 2.24) is 0 Å². The van der Waals surface area contributed by atoms with Gasteiger partial charge in [0.1, 0.15) is 5.75 Å². The predicted molar refractivity (Wildman–Crippen MR) is 71.2 cm³/mol. The summed E-state index contributed by atoms with van der Waals surface area (Å²) in [6.07, 6.45) is -0.667. The Kier molecular flexibility index (Phi) is 3.99. The van der Waals surface area contributed by atoms with Crippen LogP contribution in [0.5, 0.6) is 11.5 Å². The Morgan fingerprint density at radius 2 is 1.89 bits per heavy atom. The lowest BCUT2D eigenvalue weighted by molar-refractivity contribution is 0.195. The number of aliphatic hydroxyl groups excluding tert-OH is 1. The highest BCUT2D eigenvalue weighted by molar-refractivity contribution is 9.10. The van der Waals surface area contributed by atoms with Gasteiger partial charge in [0.25, 0.3) is 0 Å². The van der Waals surface area contributed by atoms with Crippen molar-refractivity contribution in [2.24, 2.45) is 0 Å². The van der Waals surface area contributed by atoms with Crippen LogP contribution >= 0.6 is 15.9 Å². The molecule has 4 heteroatoms. The van der Waals surface area contributed by atoms with Crippen molar-refractivity contribution in [3.63, 3.8) is 0 Å². The molecule has 2 aromatic carbocycles. The zero-order valence-electron chi connectivity index (χ0n) is 9.73. The molecule has 0 aliphatic carbocycles. The third kappa shape index (κ3) is 2.89. The first-order valence-electron chi connectivity index (χ1n) is 5.48. The molecule has 2 nitrogen and oxygen atoms in total. The summed E-state index contributed by atoms with van der Waals surface area (Å²) in [4.78, 5) is 0. The van der Waals surface area contributed by atoms with Gasteiger partial charge in [-0.2, -0.15) is 0 Å². The van der Waals surface area contributed by atoms with Crippen LogP contribution in [0.2, 0.25) is 0 Å². The van der Waals surface area contributed by atoms with Crippen molar-refractivity contribution in [3.05, 3.63) is 58.3 Å². The zero-order valence-corrected chi connectivity index (χ0v) is 11.3. The van der Waals surface area contributed by atoms with Gasteiger partial charge in [0.05, 0.1) is 6.10 Å². The maximum Gasteiger partial charge on any atom is 0.166 e. The third-order valence-corrected chi connectivity index (χ3v) is 2.98. The van der Waals surface area contributed by atoms with Crippen molar-refractivity contribution in [2.45, 2.75) is 13.0 Å². The minimum Gasteiger partial charge on any atom is -0.454 e. The lowest BCUT2D eigenvalue weighted by Gasteiger charge is -2.13. The summed E-state index contributed by atoms with van der Waals surface area (Å²) in [5.41, 5.74) is 0.625. The Morgan fingerprint density at radius 1 is 1.17 bits per heavy atom. The van der Waals surface area contributed by atoms with Crippen LogP contribution in [-0.2, 0) is 0 Å². The van der Waals surface area contributed by atoms with E-state index >= 15 is 0 Å². The van der Waals surface area contributed by atoms with Gasteiger partial charge in [-0.3, -0.25) is 0 Å². The smallest absolute Gasteiger partial charge is 0.166 e. The first-order valence-corrected chi connectivity index (χ1v) is 6.27. The molecule has 0 saturated heterocycles. The van der Waals surface area contributed by atoms with Crippen molar-refractivity contribution in [3.8, 4) is 11.5 Å². The largest absolute Gasteiger partial charge is 0.454 e. The van der Waals surface area contributed by atoms with Crippen molar-refractivity contribution < 1.29 is 14.2 Å². The standard InChI is InChI=1S/C14H12BrFO2/c1-9(17)11-4-2-3-5-13(11)18-14-7-6-10(15)8-12(14)16/h2-9,17H,1H3/t9-/m1/s1. The zero-order chi connectivity index (χ0) is 13.1. The van der Waals surface area contributed by atoms with Crippen LogP contribution in [0.3, 0.4) is 0 Å². The van der Waals surface area contributed by atoms with E-state index in [1.165, 1.54) is 12.1 Å². The van der Waals surface area contributed by atoms with Crippen LogP contribution in [0.1, 0.15) is 18.6 Å². The number of rotatable bonds is 3. The van der Waals surface area contributed by atoms with Crippen LogP contribution in [0.4, 0.5) is 4.39 Å². The quantitative estimate of drug-likeness (QED) is 0.908. The topological polar surface area (TPSA) is 29.5 Å². The molecule has 18 heavy (non-hydrogen) atoms. The number of hydrogen-bond acceptors (Lipinski definition) is 2. The molecule has 0 radical (unpaired) electrons. The summed E-state index contributed by atoms with van der Waals surface area (Å²) in [7, 11) is 0. The summed E-state index contributed by atoms with van der Waals surface area (Å²) >= 11 is 3.18. The molecule has 2 aromatic rings. The van der Waals surface area contributed by atoms with Crippen molar-refractivity contribution in [1.29, 1.82) is 0 Å². The molecule has 0 amide bonds. The molecular weight excluding hydrogens is 299 g/mol. The van der Waals surface area contributed by atoms with Gasteiger partial charge in [-0.25, -0.2) is 4.39 Å². The molecule has 0 aromatic heterocycles. The van der Waals surface area contributed by atoms with E-state index in [-0.39, 0.29) is 5.75 Å². The lowest BCUT2D eigenvalue weighted by atomic mass is 10.1. The van der Waals surface area contributed by atoms with E-state index in [0.717, 1.165) is 0 Å². The minimum atomic E-state index is -0.667. The summed E-state index contributed by atoms with van der Waals surface area (Å²) in [5.74, 6) is 0.129. The Balaban J connectivity index is 2.34. The van der Waals surface area contributed by atoms with E-state index in [9.17, 15) is 9.50 Å². The monoisotopic (exact) mass is 310 g/mol. The number of halogens is 2. The Labute approximate surface area is 113 Å². The number of ether oxygens (including phenoxy) is 1. The predicted octanol–water partition coefficient (Wildman–Crippen LogP) is 4.43. The SMILES string of the molecule is C[C@@H](O)c1ccccc1Oc1ccc(Br)cc1F. The van der Waals surface area contributed by atoms with Crippen LogP contribution in [-0.4, -0.2) is 5.11 Å². The molecule has 1 atom stereocenters. The van der Waals surface area contributed by atoms with Crippen LogP contribution in [0.15, 0.2) is 46.9 Å². The highest BCUT2D eigenvalue weighted by atomic mass is 79.9. The Hall–Kier alpha value is -1.39. The van der Waals surface area contributed by atoms with E-state index in [1.54, 1.807) is 37.3 Å². The number of benzene rings is 2. The van der Waals surface area contributed by atoms with Gasteiger partial charge in [0, 0.05) is 10.0 Å². The minimum absolute atomic E-state index is 0.131. The van der Waals surface area contributed by atoms with E-state index < -0.39 is 11.9 Å². The molecule has 0 spiro atoms. The van der Waals surface area contributed by atoms with Crippen LogP contribution in [0, 0.1) is 5.82 Å². The first-order chi connectivity index (χ1) is 8.58. The van der Waals surface area contributed by atoms with Gasteiger partial charge in [-0.05, 0) is 31.2 Å². The molecule has 0 bridgehead atoms. The van der Waals surface area contributed by atoms with Crippen LogP contribution < -0.4 is 4.74 Å². The third-order valence-electron chi connectivity index (χ3n) is 2.48. The molecule has 0 fully saturated rings. The van der Waals surface area contributed by atoms with Crippen LogP contribution in [0.25, 0.3) is 0 Å². The number of aliphatic hydroxyl groups is 1. The molecule has 0 aliphatic heterocycles. The summed E-state index contributed by atoms with van der Waals surface area (Å²) in [6, 6.07) is 11.6. The van der Waals surface area contributed by atoms with Gasteiger partial charge in [-0.1, -0.05) is 34.1 Å². The van der Waals surface area contributed by atoms with Gasteiger partial charge < -0.3 is 9.84 Å². The van der Waals surface area contributed by atoms with Crippen molar-refractivity contribution >= 4 is 15.9 Å². The molecule has 1 N–H and O–H groups in total. The first kappa shape index (κ1) is 13.1. The van der Waals surface area contributed by atoms with Gasteiger partial charge in [0.15, 0.2) is 11.6 Å². The summed E-state index contributed by atoms with van der Waals surface area (Å²) < 4.78 is 19.8. The lowest BCUT2D eigenvalue weighted by Crippen LogP contribution is -1.96. The van der Waals surface area contributed by atoms with E-state index in [4.69, 9.17) is 4.74 Å². The molecule has 0 aliphatic rings. The fraction of sp³-hybridized carbons (Fsp3) is 0.143. The van der Waals surface area contributed by atoms with E-state index in [2.05, 4.69) is 15.9 Å². The molecule has 0 saturated carbocycles. The Morgan fingerprint density at radius 3 is 2.56 bits per heavy atom. The second kappa shape index (κ2) is 5.50. The summed E-state index contributed by atoms with van der Waals surface area (Å²) in [5, 5.41) is 9.61. The molecule has 0 unspecified atom stereocenters. The second-order valence-corrected chi connectivity index (χ2v) is 4.81. The number of para-hydroxylation sites is 1. The molecule has 2 rings (SSSR count). The highest BCUT2D eigenvalue weighted by Crippen LogP contribution is 2.31. The van der Waals surface area contributed by atoms with Gasteiger partial charge in [0.2, 0.25) is 0 Å². The Bertz CT molecular complexity index is 555. The summed E-state index contributed by atoms with van der Waals surface area (Å²) in [6.45, 7) is 1.64. The number of hydrogen-bond donors (Lipinski definition) is 1. The molecule has 0 heterocycles. The fourth-order valence-electron chi connectivity index (χ4n) is 1.60. The van der Waals surface area contributed by atoms with E-state index in [1.807, 2.05) is 0 Å². The average molecular weight is 311 g/mol. The maximum absolute atomic E-state index is 13.7. The molecular formula is C14H12BrFO2. The van der Waals surface area contributed by atoms with Crippen molar-refractivity contribution in [2.75, 3.05) is 0 Å². The highest BCUT2D eigenvalue weighted by Gasteiger charge is 2.11. The normalized spacial score (nSPS) is 12.2. The van der Waals surface area contributed by atoms with Gasteiger partial charge >= 0.3 is 0 Å². The van der Waals surface area contributed by atoms with Gasteiger partial charge in [-0.15, -0.1) is 0 Å². The fourth-order valence-corrected chi connectivity index (χ4v) is 1.93. The maximum atomic E-state index is 13.7. The average Bonchev–Trinajstić information content (AvgIpc) is 2.33. The molecule has 94 valence electrons.